The largest absolute Gasteiger partial charge is 0.329 e. The van der Waals surface area contributed by atoms with E-state index in [0.717, 1.165) is 10.5 Å². The molecule has 2 aromatic heterocycles. The third-order valence-electron chi connectivity index (χ3n) is 2.95. The van der Waals surface area contributed by atoms with Crippen molar-refractivity contribution in [3.05, 3.63) is 51.2 Å². The standard InChI is InChI=1S/C14H14N2S2/c1-9-6-7-12(17-9)10(8-15)14-16-11-4-2-3-5-13(11)18-14/h2-7,10H,8,15H2,1H3. The maximum atomic E-state index is 5.94. The predicted molar refractivity (Wildman–Crippen MR) is 79.6 cm³/mol. The van der Waals surface area contributed by atoms with Crippen molar-refractivity contribution in [2.45, 2.75) is 12.8 Å². The lowest BCUT2D eigenvalue weighted by atomic mass is 10.1. The third kappa shape index (κ3) is 2.07. The fourth-order valence-electron chi connectivity index (χ4n) is 2.02. The molecule has 92 valence electrons. The maximum Gasteiger partial charge on any atom is 0.103 e. The molecule has 1 atom stereocenters. The molecule has 4 heteroatoms. The van der Waals surface area contributed by atoms with Crippen LogP contribution < -0.4 is 5.73 Å². The average molecular weight is 274 g/mol. The third-order valence-corrected chi connectivity index (χ3v) is 5.21. The monoisotopic (exact) mass is 274 g/mol. The SMILES string of the molecule is Cc1ccc(C(CN)c2nc3ccccc3s2)s1. The summed E-state index contributed by atoms with van der Waals surface area (Å²) in [6.45, 7) is 2.74. The van der Waals surface area contributed by atoms with Crippen LogP contribution in [0.5, 0.6) is 0 Å². The summed E-state index contributed by atoms with van der Waals surface area (Å²) in [5.41, 5.74) is 7.01. The minimum atomic E-state index is 0.237. The number of hydrogen-bond donors (Lipinski definition) is 1. The first-order chi connectivity index (χ1) is 8.78. The molecule has 0 bridgehead atoms. The van der Waals surface area contributed by atoms with Crippen molar-refractivity contribution in [3.63, 3.8) is 0 Å². The summed E-state index contributed by atoms with van der Waals surface area (Å²) in [6.07, 6.45) is 0. The molecule has 3 rings (SSSR count). The van der Waals surface area contributed by atoms with Crippen LogP contribution >= 0.6 is 22.7 Å². The summed E-state index contributed by atoms with van der Waals surface area (Å²) >= 11 is 3.56. The van der Waals surface area contributed by atoms with E-state index in [0.29, 0.717) is 6.54 Å². The van der Waals surface area contributed by atoms with Gasteiger partial charge in [0.25, 0.3) is 0 Å². The van der Waals surface area contributed by atoms with E-state index < -0.39 is 0 Å². The number of benzene rings is 1. The highest BCUT2D eigenvalue weighted by atomic mass is 32.1. The second-order valence-corrected chi connectivity index (χ2v) is 6.64. The highest BCUT2D eigenvalue weighted by molar-refractivity contribution is 7.19. The summed E-state index contributed by atoms with van der Waals surface area (Å²) in [7, 11) is 0. The van der Waals surface area contributed by atoms with Gasteiger partial charge in [-0.3, -0.25) is 0 Å². The van der Waals surface area contributed by atoms with Crippen molar-refractivity contribution < 1.29 is 0 Å². The quantitative estimate of drug-likeness (QED) is 0.790. The minimum Gasteiger partial charge on any atom is -0.329 e. The highest BCUT2D eigenvalue weighted by Crippen LogP contribution is 2.34. The number of thiophene rings is 1. The molecule has 1 unspecified atom stereocenters. The van der Waals surface area contributed by atoms with Gasteiger partial charge in [-0.2, -0.15) is 0 Å². The molecule has 1 aromatic carbocycles. The van der Waals surface area contributed by atoms with E-state index in [1.54, 1.807) is 11.3 Å². The Morgan fingerprint density at radius 1 is 1.17 bits per heavy atom. The summed E-state index contributed by atoms with van der Waals surface area (Å²) in [5.74, 6) is 0.237. The van der Waals surface area contributed by atoms with Gasteiger partial charge >= 0.3 is 0 Å². The van der Waals surface area contributed by atoms with E-state index in [2.05, 4.69) is 37.3 Å². The summed E-state index contributed by atoms with van der Waals surface area (Å²) in [4.78, 5) is 7.35. The van der Waals surface area contributed by atoms with Crippen LogP contribution in [0.1, 0.15) is 20.7 Å². The number of hydrogen-bond acceptors (Lipinski definition) is 4. The first-order valence-corrected chi connectivity index (χ1v) is 7.53. The Bertz CT molecular complexity index is 636. The first kappa shape index (κ1) is 11.8. The summed E-state index contributed by atoms with van der Waals surface area (Å²) in [5, 5.41) is 1.13. The number of thiazole rings is 1. The topological polar surface area (TPSA) is 38.9 Å². The van der Waals surface area contributed by atoms with E-state index >= 15 is 0 Å². The normalized spacial score (nSPS) is 13.0. The molecular formula is C14H14N2S2. The Balaban J connectivity index is 2.05. The Labute approximate surface area is 114 Å². The van der Waals surface area contributed by atoms with Gasteiger partial charge in [-0.25, -0.2) is 4.98 Å². The van der Waals surface area contributed by atoms with E-state index in [1.807, 2.05) is 17.4 Å². The molecule has 0 spiro atoms. The van der Waals surface area contributed by atoms with Gasteiger partial charge in [0.2, 0.25) is 0 Å². The fourth-order valence-corrected chi connectivity index (χ4v) is 4.19. The number of nitrogens with two attached hydrogens (primary N) is 1. The molecule has 2 N–H and O–H groups in total. The van der Waals surface area contributed by atoms with Gasteiger partial charge in [0.1, 0.15) is 5.01 Å². The van der Waals surface area contributed by atoms with Crippen LogP contribution in [-0.4, -0.2) is 11.5 Å². The number of fused-ring (bicyclic) bond motifs is 1. The van der Waals surface area contributed by atoms with Crippen molar-refractivity contribution in [3.8, 4) is 0 Å². The number of aromatic nitrogens is 1. The van der Waals surface area contributed by atoms with Gasteiger partial charge in [0, 0.05) is 16.3 Å². The molecule has 2 nitrogen and oxygen atoms in total. The van der Waals surface area contributed by atoms with Gasteiger partial charge in [-0.1, -0.05) is 12.1 Å². The van der Waals surface area contributed by atoms with E-state index in [-0.39, 0.29) is 5.92 Å². The molecule has 0 radical (unpaired) electrons. The van der Waals surface area contributed by atoms with E-state index in [4.69, 9.17) is 10.7 Å². The Hall–Kier alpha value is -1.23. The van der Waals surface area contributed by atoms with Gasteiger partial charge in [-0.15, -0.1) is 22.7 Å². The lowest BCUT2D eigenvalue weighted by Crippen LogP contribution is -2.12. The summed E-state index contributed by atoms with van der Waals surface area (Å²) in [6, 6.07) is 12.6. The van der Waals surface area contributed by atoms with E-state index in [9.17, 15) is 0 Å². The predicted octanol–water partition coefficient (Wildman–Crippen LogP) is 3.76. The van der Waals surface area contributed by atoms with Gasteiger partial charge in [-0.05, 0) is 31.2 Å². The zero-order chi connectivity index (χ0) is 12.5. The molecule has 2 heterocycles. The number of aryl methyl sites for hydroxylation is 1. The molecular weight excluding hydrogens is 260 g/mol. The van der Waals surface area contributed by atoms with Gasteiger partial charge in [0.15, 0.2) is 0 Å². The molecule has 0 aliphatic heterocycles. The highest BCUT2D eigenvalue weighted by Gasteiger charge is 2.18. The van der Waals surface area contributed by atoms with Gasteiger partial charge in [0.05, 0.1) is 16.1 Å². The minimum absolute atomic E-state index is 0.237. The molecule has 0 saturated carbocycles. The Kier molecular flexibility index (Phi) is 3.16. The van der Waals surface area contributed by atoms with Crippen LogP contribution in [0.2, 0.25) is 0 Å². The Morgan fingerprint density at radius 2 is 2.00 bits per heavy atom. The zero-order valence-electron chi connectivity index (χ0n) is 10.1. The molecule has 0 aliphatic rings. The van der Waals surface area contributed by atoms with Crippen LogP contribution in [0.4, 0.5) is 0 Å². The van der Waals surface area contributed by atoms with Crippen molar-refractivity contribution in [1.29, 1.82) is 0 Å². The molecule has 18 heavy (non-hydrogen) atoms. The van der Waals surface area contributed by atoms with Crippen LogP contribution in [-0.2, 0) is 0 Å². The van der Waals surface area contributed by atoms with Crippen LogP contribution in [0.15, 0.2) is 36.4 Å². The van der Waals surface area contributed by atoms with Crippen LogP contribution in [0.25, 0.3) is 10.2 Å². The molecule has 0 fully saturated rings. The summed E-state index contributed by atoms with van der Waals surface area (Å²) < 4.78 is 1.24. The van der Waals surface area contributed by atoms with Crippen LogP contribution in [0.3, 0.4) is 0 Å². The van der Waals surface area contributed by atoms with Crippen molar-refractivity contribution in [2.24, 2.45) is 5.73 Å². The maximum absolute atomic E-state index is 5.94. The number of rotatable bonds is 3. The second kappa shape index (κ2) is 4.80. The van der Waals surface area contributed by atoms with Crippen molar-refractivity contribution in [1.82, 2.24) is 4.98 Å². The van der Waals surface area contributed by atoms with Crippen molar-refractivity contribution in [2.75, 3.05) is 6.54 Å². The van der Waals surface area contributed by atoms with Gasteiger partial charge < -0.3 is 5.73 Å². The molecule has 0 saturated heterocycles. The van der Waals surface area contributed by atoms with Crippen molar-refractivity contribution >= 4 is 32.9 Å². The Morgan fingerprint density at radius 3 is 2.67 bits per heavy atom. The average Bonchev–Trinajstić information content (AvgIpc) is 2.96. The van der Waals surface area contributed by atoms with E-state index in [1.165, 1.54) is 14.5 Å². The smallest absolute Gasteiger partial charge is 0.103 e. The molecule has 0 aliphatic carbocycles. The van der Waals surface area contributed by atoms with Crippen LogP contribution in [0, 0.1) is 6.92 Å². The second-order valence-electron chi connectivity index (χ2n) is 4.26. The zero-order valence-corrected chi connectivity index (χ0v) is 11.7. The lowest BCUT2D eigenvalue weighted by Gasteiger charge is -2.08. The molecule has 3 aromatic rings. The number of para-hydroxylation sites is 1. The fraction of sp³-hybridized carbons (Fsp3) is 0.214. The number of nitrogens with zero attached hydrogens (tertiary/aromatic N) is 1. The first-order valence-electron chi connectivity index (χ1n) is 5.90. The molecule has 0 amide bonds. The lowest BCUT2D eigenvalue weighted by molar-refractivity contribution is 0.828.